The molecular weight excluding hydrogens is 288 g/mol. The minimum Gasteiger partial charge on any atom is -0.363 e. The van der Waals surface area contributed by atoms with Crippen LogP contribution in [0.15, 0.2) is 53.0 Å². The standard InChI is InChI=1S/C15H15BrN2/c1-2-15-17-13-5-3-4-6-14(13)18(15)12-9-7-11(16)8-10-12/h3-10,15,17H,2H2,1H3. The second kappa shape index (κ2) is 4.65. The van der Waals surface area contributed by atoms with Crippen LogP contribution in [0.5, 0.6) is 0 Å². The van der Waals surface area contributed by atoms with Crippen LogP contribution < -0.4 is 10.2 Å². The molecule has 0 amide bonds. The molecule has 92 valence electrons. The number of benzene rings is 2. The first-order valence-corrected chi connectivity index (χ1v) is 6.99. The average molecular weight is 303 g/mol. The van der Waals surface area contributed by atoms with Crippen molar-refractivity contribution in [3.05, 3.63) is 53.0 Å². The maximum atomic E-state index is 3.56. The molecule has 2 aromatic carbocycles. The van der Waals surface area contributed by atoms with Crippen molar-refractivity contribution in [2.45, 2.75) is 19.5 Å². The Morgan fingerprint density at radius 2 is 1.83 bits per heavy atom. The van der Waals surface area contributed by atoms with Crippen molar-refractivity contribution >= 4 is 33.0 Å². The molecule has 2 aromatic rings. The summed E-state index contributed by atoms with van der Waals surface area (Å²) >= 11 is 3.48. The van der Waals surface area contributed by atoms with Gasteiger partial charge >= 0.3 is 0 Å². The first-order valence-electron chi connectivity index (χ1n) is 6.20. The molecule has 1 atom stereocenters. The van der Waals surface area contributed by atoms with Gasteiger partial charge in [-0.05, 0) is 42.8 Å². The Labute approximate surface area is 116 Å². The van der Waals surface area contributed by atoms with E-state index in [0.29, 0.717) is 6.17 Å². The molecule has 0 radical (unpaired) electrons. The minimum atomic E-state index is 0.337. The van der Waals surface area contributed by atoms with Crippen molar-refractivity contribution < 1.29 is 0 Å². The van der Waals surface area contributed by atoms with E-state index in [1.54, 1.807) is 0 Å². The second-order valence-corrected chi connectivity index (χ2v) is 5.35. The molecule has 0 aromatic heterocycles. The number of para-hydroxylation sites is 2. The number of halogens is 1. The summed E-state index contributed by atoms with van der Waals surface area (Å²) in [6.07, 6.45) is 1.40. The van der Waals surface area contributed by atoms with Gasteiger partial charge in [0, 0.05) is 10.2 Å². The molecule has 18 heavy (non-hydrogen) atoms. The monoisotopic (exact) mass is 302 g/mol. The maximum Gasteiger partial charge on any atom is 0.104 e. The van der Waals surface area contributed by atoms with Gasteiger partial charge < -0.3 is 10.2 Å². The van der Waals surface area contributed by atoms with E-state index in [4.69, 9.17) is 0 Å². The smallest absolute Gasteiger partial charge is 0.104 e. The van der Waals surface area contributed by atoms with Gasteiger partial charge in [0.1, 0.15) is 6.17 Å². The summed E-state index contributed by atoms with van der Waals surface area (Å²) in [5, 5.41) is 3.56. The van der Waals surface area contributed by atoms with Crippen LogP contribution in [0.3, 0.4) is 0 Å². The number of rotatable bonds is 2. The first kappa shape index (κ1) is 11.6. The van der Waals surface area contributed by atoms with Crippen molar-refractivity contribution in [2.75, 3.05) is 10.2 Å². The van der Waals surface area contributed by atoms with Crippen LogP contribution in [0.4, 0.5) is 17.1 Å². The predicted molar refractivity (Wildman–Crippen MR) is 80.4 cm³/mol. The predicted octanol–water partition coefficient (Wildman–Crippen LogP) is 4.75. The zero-order valence-electron chi connectivity index (χ0n) is 10.2. The van der Waals surface area contributed by atoms with Crippen LogP contribution in [0.1, 0.15) is 13.3 Å². The van der Waals surface area contributed by atoms with Crippen molar-refractivity contribution in [1.82, 2.24) is 0 Å². The molecule has 1 N–H and O–H groups in total. The molecule has 1 aliphatic heterocycles. The van der Waals surface area contributed by atoms with E-state index in [0.717, 1.165) is 10.9 Å². The number of nitrogens with zero attached hydrogens (tertiary/aromatic N) is 1. The molecule has 1 unspecified atom stereocenters. The molecule has 0 aliphatic carbocycles. The normalized spacial score (nSPS) is 17.4. The summed E-state index contributed by atoms with van der Waals surface area (Å²) in [5.74, 6) is 0. The Morgan fingerprint density at radius 3 is 2.56 bits per heavy atom. The molecule has 0 spiro atoms. The maximum absolute atomic E-state index is 3.56. The van der Waals surface area contributed by atoms with Crippen molar-refractivity contribution in [1.29, 1.82) is 0 Å². The van der Waals surface area contributed by atoms with Gasteiger partial charge in [-0.1, -0.05) is 35.0 Å². The lowest BCUT2D eigenvalue weighted by molar-refractivity contribution is 0.728. The molecule has 0 saturated heterocycles. The van der Waals surface area contributed by atoms with Gasteiger partial charge in [0.2, 0.25) is 0 Å². The lowest BCUT2D eigenvalue weighted by Crippen LogP contribution is -2.30. The topological polar surface area (TPSA) is 15.3 Å². The molecule has 1 aliphatic rings. The molecular formula is C15H15BrN2. The Kier molecular flexibility index (Phi) is 3.00. The Balaban J connectivity index is 2.06. The van der Waals surface area contributed by atoms with Gasteiger partial charge in [0.05, 0.1) is 11.4 Å². The zero-order chi connectivity index (χ0) is 12.5. The molecule has 1 heterocycles. The average Bonchev–Trinajstić information content (AvgIpc) is 2.78. The number of hydrogen-bond donors (Lipinski definition) is 1. The van der Waals surface area contributed by atoms with Gasteiger partial charge in [-0.3, -0.25) is 0 Å². The molecule has 3 heteroatoms. The van der Waals surface area contributed by atoms with E-state index >= 15 is 0 Å². The Morgan fingerprint density at radius 1 is 1.11 bits per heavy atom. The van der Waals surface area contributed by atoms with Crippen molar-refractivity contribution in [3.63, 3.8) is 0 Å². The fourth-order valence-corrected chi connectivity index (χ4v) is 2.69. The van der Waals surface area contributed by atoms with E-state index in [2.05, 4.69) is 81.6 Å². The van der Waals surface area contributed by atoms with Crippen LogP contribution in [0.25, 0.3) is 0 Å². The Bertz CT molecular complexity index is 551. The summed E-state index contributed by atoms with van der Waals surface area (Å²) in [4.78, 5) is 2.36. The van der Waals surface area contributed by atoms with Gasteiger partial charge in [0.15, 0.2) is 0 Å². The summed E-state index contributed by atoms with van der Waals surface area (Å²) < 4.78 is 1.11. The quantitative estimate of drug-likeness (QED) is 0.861. The van der Waals surface area contributed by atoms with E-state index in [9.17, 15) is 0 Å². The minimum absolute atomic E-state index is 0.337. The van der Waals surface area contributed by atoms with E-state index in [1.165, 1.54) is 17.1 Å². The van der Waals surface area contributed by atoms with Crippen LogP contribution >= 0.6 is 15.9 Å². The van der Waals surface area contributed by atoms with Crippen LogP contribution in [0, 0.1) is 0 Å². The highest BCUT2D eigenvalue weighted by atomic mass is 79.9. The highest BCUT2D eigenvalue weighted by molar-refractivity contribution is 9.10. The number of nitrogens with one attached hydrogen (secondary N) is 1. The summed E-state index contributed by atoms with van der Waals surface area (Å²) in [5.41, 5.74) is 3.70. The molecule has 0 saturated carbocycles. The van der Waals surface area contributed by atoms with Crippen molar-refractivity contribution in [3.8, 4) is 0 Å². The number of fused-ring (bicyclic) bond motifs is 1. The Hall–Kier alpha value is -1.48. The third kappa shape index (κ3) is 1.89. The molecule has 3 rings (SSSR count). The summed E-state index contributed by atoms with van der Waals surface area (Å²) in [7, 11) is 0. The van der Waals surface area contributed by atoms with Gasteiger partial charge in [0.25, 0.3) is 0 Å². The highest BCUT2D eigenvalue weighted by Crippen LogP contribution is 2.40. The zero-order valence-corrected chi connectivity index (χ0v) is 11.8. The van der Waals surface area contributed by atoms with E-state index in [-0.39, 0.29) is 0 Å². The summed E-state index contributed by atoms with van der Waals surface area (Å²) in [6, 6.07) is 16.9. The van der Waals surface area contributed by atoms with Gasteiger partial charge in [-0.15, -0.1) is 0 Å². The second-order valence-electron chi connectivity index (χ2n) is 4.43. The first-order chi connectivity index (χ1) is 8.79. The third-order valence-corrected chi connectivity index (χ3v) is 3.82. The van der Waals surface area contributed by atoms with E-state index < -0.39 is 0 Å². The van der Waals surface area contributed by atoms with E-state index in [1.807, 2.05) is 0 Å². The molecule has 0 fully saturated rings. The molecule has 2 nitrogen and oxygen atoms in total. The fraction of sp³-hybridized carbons (Fsp3) is 0.200. The highest BCUT2D eigenvalue weighted by Gasteiger charge is 2.27. The van der Waals surface area contributed by atoms with Gasteiger partial charge in [-0.25, -0.2) is 0 Å². The molecule has 0 bridgehead atoms. The summed E-state index contributed by atoms with van der Waals surface area (Å²) in [6.45, 7) is 2.20. The van der Waals surface area contributed by atoms with Crippen LogP contribution in [-0.4, -0.2) is 6.17 Å². The SMILES string of the molecule is CCC1Nc2ccccc2N1c1ccc(Br)cc1. The number of anilines is 3. The largest absolute Gasteiger partial charge is 0.363 e. The third-order valence-electron chi connectivity index (χ3n) is 3.29. The fourth-order valence-electron chi connectivity index (χ4n) is 2.42. The lowest BCUT2D eigenvalue weighted by atomic mass is 10.2. The number of hydrogen-bond acceptors (Lipinski definition) is 2. The van der Waals surface area contributed by atoms with Crippen LogP contribution in [0.2, 0.25) is 0 Å². The van der Waals surface area contributed by atoms with Crippen molar-refractivity contribution in [2.24, 2.45) is 0 Å². The lowest BCUT2D eigenvalue weighted by Gasteiger charge is -2.26. The van der Waals surface area contributed by atoms with Gasteiger partial charge in [-0.2, -0.15) is 0 Å². The van der Waals surface area contributed by atoms with Crippen LogP contribution in [-0.2, 0) is 0 Å².